The lowest BCUT2D eigenvalue weighted by atomic mass is 9.77. The summed E-state index contributed by atoms with van der Waals surface area (Å²) in [7, 11) is 0. The molecule has 0 amide bonds. The summed E-state index contributed by atoms with van der Waals surface area (Å²) in [5.41, 5.74) is 6.24. The largest absolute Gasteiger partial charge is 0.0654 e. The maximum atomic E-state index is 2.44. The molecule has 186 valence electrons. The van der Waals surface area contributed by atoms with E-state index in [0.717, 1.165) is 23.7 Å². The second kappa shape index (κ2) is 13.5. The van der Waals surface area contributed by atoms with Gasteiger partial charge in [-0.15, -0.1) is 0 Å². The Labute approximate surface area is 211 Å². The topological polar surface area (TPSA) is 0 Å². The summed E-state index contributed by atoms with van der Waals surface area (Å²) < 4.78 is 0. The van der Waals surface area contributed by atoms with Crippen LogP contribution in [0.1, 0.15) is 138 Å². The number of hydrogen-bond donors (Lipinski definition) is 0. The molecule has 2 fully saturated rings. The fourth-order valence-corrected chi connectivity index (χ4v) is 6.96. The lowest BCUT2D eigenvalue weighted by Gasteiger charge is -2.28. The smallest absolute Gasteiger partial charge is 0.0162 e. The minimum atomic E-state index is 0.816. The highest BCUT2D eigenvalue weighted by Crippen LogP contribution is 2.38. The summed E-state index contributed by atoms with van der Waals surface area (Å²) in [5.74, 6) is 3.64. The third-order valence-electron chi connectivity index (χ3n) is 9.17. The minimum Gasteiger partial charge on any atom is -0.0654 e. The molecule has 0 heteroatoms. The maximum Gasteiger partial charge on any atom is -0.0162 e. The number of unbranched alkanes of at least 4 members (excludes halogenated alkanes) is 1. The Bertz CT molecular complexity index is 727. The van der Waals surface area contributed by atoms with E-state index in [1.54, 1.807) is 11.1 Å². The molecule has 4 rings (SSSR count). The molecule has 0 N–H and O–H groups in total. The van der Waals surface area contributed by atoms with Gasteiger partial charge in [-0.25, -0.2) is 0 Å². The van der Waals surface area contributed by atoms with Crippen molar-refractivity contribution < 1.29 is 0 Å². The van der Waals surface area contributed by atoms with Crippen LogP contribution in [0.4, 0.5) is 0 Å². The average molecular weight is 459 g/mol. The summed E-state index contributed by atoms with van der Waals surface area (Å²) >= 11 is 0. The van der Waals surface area contributed by atoms with Crippen LogP contribution in [-0.2, 0) is 12.8 Å². The lowest BCUT2D eigenvalue weighted by molar-refractivity contribution is 0.308. The number of hydrogen-bond acceptors (Lipinski definition) is 0. The highest BCUT2D eigenvalue weighted by Gasteiger charge is 2.22. The van der Waals surface area contributed by atoms with Crippen LogP contribution in [0.15, 0.2) is 48.5 Å². The Morgan fingerprint density at radius 1 is 0.500 bits per heavy atom. The predicted molar refractivity (Wildman–Crippen MR) is 149 cm³/mol. The molecule has 0 unspecified atom stereocenters. The van der Waals surface area contributed by atoms with Gasteiger partial charge >= 0.3 is 0 Å². The van der Waals surface area contributed by atoms with Crippen molar-refractivity contribution in [3.05, 3.63) is 70.8 Å². The Kier molecular flexibility index (Phi) is 10.1. The third-order valence-corrected chi connectivity index (χ3v) is 9.17. The molecule has 0 heterocycles. The van der Waals surface area contributed by atoms with Crippen molar-refractivity contribution in [3.63, 3.8) is 0 Å². The Morgan fingerprint density at radius 2 is 0.853 bits per heavy atom. The van der Waals surface area contributed by atoms with E-state index in [2.05, 4.69) is 62.4 Å². The van der Waals surface area contributed by atoms with Crippen molar-refractivity contribution in [2.75, 3.05) is 0 Å². The van der Waals surface area contributed by atoms with E-state index in [9.17, 15) is 0 Å². The van der Waals surface area contributed by atoms with E-state index in [0.29, 0.717) is 0 Å². The summed E-state index contributed by atoms with van der Waals surface area (Å²) in [4.78, 5) is 0. The zero-order valence-corrected chi connectivity index (χ0v) is 22.2. The van der Waals surface area contributed by atoms with Gasteiger partial charge in [0.15, 0.2) is 0 Å². The van der Waals surface area contributed by atoms with Crippen LogP contribution in [0.5, 0.6) is 0 Å². The van der Waals surface area contributed by atoms with Gasteiger partial charge in [-0.05, 0) is 123 Å². The van der Waals surface area contributed by atoms with Crippen molar-refractivity contribution in [3.8, 4) is 0 Å². The van der Waals surface area contributed by atoms with Crippen LogP contribution in [0.25, 0.3) is 0 Å². The van der Waals surface area contributed by atoms with E-state index in [1.165, 1.54) is 114 Å². The molecule has 2 aromatic rings. The molecule has 0 aliphatic heterocycles. The summed E-state index contributed by atoms with van der Waals surface area (Å²) in [6.45, 7) is 4.67. The molecule has 2 aromatic carbocycles. The molecule has 2 aliphatic rings. The van der Waals surface area contributed by atoms with Gasteiger partial charge in [0.05, 0.1) is 0 Å². The number of aryl methyl sites for hydroxylation is 2. The van der Waals surface area contributed by atoms with Crippen molar-refractivity contribution in [2.24, 2.45) is 11.8 Å². The van der Waals surface area contributed by atoms with Crippen molar-refractivity contribution in [1.82, 2.24) is 0 Å². The minimum absolute atomic E-state index is 0.816. The molecular formula is C34H50. The van der Waals surface area contributed by atoms with Crippen LogP contribution >= 0.6 is 0 Å². The Balaban J connectivity index is 1.14. The first kappa shape index (κ1) is 25.5. The lowest BCUT2D eigenvalue weighted by Crippen LogP contribution is -2.13. The first-order chi connectivity index (χ1) is 16.7. The highest BCUT2D eigenvalue weighted by molar-refractivity contribution is 5.27. The van der Waals surface area contributed by atoms with Gasteiger partial charge in [-0.1, -0.05) is 88.1 Å². The molecule has 0 nitrogen and oxygen atoms in total. The molecule has 2 saturated carbocycles. The molecule has 0 saturated heterocycles. The SMILES string of the molecule is CCC[C@H]1CC[C@H](c2ccc(CCCCc3ccc([C@H]4CC[C@H](CCC)CC4)cc3)cc2)CC1. The highest BCUT2D eigenvalue weighted by atomic mass is 14.3. The fraction of sp³-hybridized carbons (Fsp3) is 0.647. The standard InChI is InChI=1S/C34H50/c1-3-7-27-11-19-31(20-12-27)33-23-15-29(16-24-33)9-5-6-10-30-17-25-34(26-18-30)32-21-13-28(8-4-2)14-22-32/h15-18,23-28,31-32H,3-14,19-22H2,1-2H3/t27-,28-,31-,32-. The monoisotopic (exact) mass is 458 g/mol. The van der Waals surface area contributed by atoms with Crippen LogP contribution in [0, 0.1) is 11.8 Å². The van der Waals surface area contributed by atoms with Crippen molar-refractivity contribution in [2.45, 2.75) is 128 Å². The van der Waals surface area contributed by atoms with Crippen molar-refractivity contribution >= 4 is 0 Å². The second-order valence-electron chi connectivity index (χ2n) is 11.7. The van der Waals surface area contributed by atoms with Crippen LogP contribution < -0.4 is 0 Å². The molecule has 0 atom stereocenters. The zero-order valence-electron chi connectivity index (χ0n) is 22.2. The normalized spacial score (nSPS) is 25.4. The quantitative estimate of drug-likeness (QED) is 0.294. The Hall–Kier alpha value is -1.56. The van der Waals surface area contributed by atoms with Gasteiger partial charge in [0.25, 0.3) is 0 Å². The van der Waals surface area contributed by atoms with E-state index in [-0.39, 0.29) is 0 Å². The van der Waals surface area contributed by atoms with Crippen LogP contribution in [0.3, 0.4) is 0 Å². The molecule has 34 heavy (non-hydrogen) atoms. The van der Waals surface area contributed by atoms with Gasteiger partial charge in [-0.3, -0.25) is 0 Å². The molecular weight excluding hydrogens is 408 g/mol. The third kappa shape index (κ3) is 7.47. The second-order valence-corrected chi connectivity index (χ2v) is 11.7. The van der Waals surface area contributed by atoms with Gasteiger partial charge < -0.3 is 0 Å². The summed E-state index contributed by atoms with van der Waals surface area (Å²) in [6.07, 6.45) is 22.0. The zero-order chi connectivity index (χ0) is 23.6. The fourth-order valence-electron chi connectivity index (χ4n) is 6.96. The van der Waals surface area contributed by atoms with Gasteiger partial charge in [-0.2, -0.15) is 0 Å². The molecule has 0 radical (unpaired) electrons. The average Bonchev–Trinajstić information content (AvgIpc) is 2.89. The first-order valence-electron chi connectivity index (χ1n) is 14.9. The van der Waals surface area contributed by atoms with E-state index < -0.39 is 0 Å². The van der Waals surface area contributed by atoms with Gasteiger partial charge in [0, 0.05) is 0 Å². The summed E-state index contributed by atoms with van der Waals surface area (Å²) in [5, 5.41) is 0. The molecule has 0 spiro atoms. The maximum absolute atomic E-state index is 2.44. The summed E-state index contributed by atoms with van der Waals surface area (Å²) in [6, 6.07) is 19.4. The van der Waals surface area contributed by atoms with Crippen LogP contribution in [0.2, 0.25) is 0 Å². The Morgan fingerprint density at radius 3 is 1.18 bits per heavy atom. The number of benzene rings is 2. The van der Waals surface area contributed by atoms with E-state index >= 15 is 0 Å². The van der Waals surface area contributed by atoms with E-state index in [1.807, 2.05) is 0 Å². The van der Waals surface area contributed by atoms with Gasteiger partial charge in [0.1, 0.15) is 0 Å². The predicted octanol–water partition coefficient (Wildman–Crippen LogP) is 10.4. The molecule has 0 bridgehead atoms. The number of rotatable bonds is 11. The first-order valence-corrected chi connectivity index (χ1v) is 14.9. The van der Waals surface area contributed by atoms with Gasteiger partial charge in [0.2, 0.25) is 0 Å². The molecule has 0 aromatic heterocycles. The van der Waals surface area contributed by atoms with E-state index in [4.69, 9.17) is 0 Å². The molecule has 2 aliphatic carbocycles. The van der Waals surface area contributed by atoms with Crippen molar-refractivity contribution in [1.29, 1.82) is 0 Å². The van der Waals surface area contributed by atoms with Crippen LogP contribution in [-0.4, -0.2) is 0 Å².